The van der Waals surface area contributed by atoms with Gasteiger partial charge in [-0.2, -0.15) is 0 Å². The Morgan fingerprint density at radius 3 is 3.24 bits per heavy atom. The molecule has 1 aliphatic heterocycles. The van der Waals surface area contributed by atoms with Crippen LogP contribution in [0.4, 0.5) is 5.69 Å². The van der Waals surface area contributed by atoms with Crippen molar-refractivity contribution in [1.82, 2.24) is 10.3 Å². The first kappa shape index (κ1) is 12.6. The van der Waals surface area contributed by atoms with Crippen LogP contribution in [0.25, 0.3) is 0 Å². The maximum atomic E-state index is 4.19. The third-order valence-corrected chi connectivity index (χ3v) is 5.24. The van der Waals surface area contributed by atoms with Gasteiger partial charge in [0.25, 0.3) is 0 Å². The Balaban J connectivity index is 1.92. The van der Waals surface area contributed by atoms with Gasteiger partial charge in [-0.05, 0) is 0 Å². The van der Waals surface area contributed by atoms with Gasteiger partial charge in [-0.1, -0.05) is 0 Å². The summed E-state index contributed by atoms with van der Waals surface area (Å²) in [5.41, 5.74) is 1.24. The zero-order valence-corrected chi connectivity index (χ0v) is 11.9. The van der Waals surface area contributed by atoms with Crippen LogP contribution >= 0.6 is 0 Å². The molecule has 1 aromatic heterocycles. The number of anilines is 1. The predicted octanol–water partition coefficient (Wildman–Crippen LogP) is 1.45. The number of hydrogen-bond donors (Lipinski definition) is 1. The first-order valence-electron chi connectivity index (χ1n) is 6.05. The van der Waals surface area contributed by atoms with E-state index in [4.69, 9.17) is 0 Å². The Morgan fingerprint density at radius 1 is 1.53 bits per heavy atom. The summed E-state index contributed by atoms with van der Waals surface area (Å²) in [6.07, 6.45) is 7.17. The molecule has 1 fully saturated rings. The Bertz CT molecular complexity index is 353. The molecule has 0 radical (unpaired) electrons. The number of allylic oxidation sites excluding steroid dienone is 1. The summed E-state index contributed by atoms with van der Waals surface area (Å²) in [5, 5.41) is 3.63. The second-order valence-corrected chi connectivity index (χ2v) is 6.37. The first-order valence-corrected chi connectivity index (χ1v) is 8.03. The predicted molar refractivity (Wildman–Crippen MR) is 73.4 cm³/mol. The second-order valence-electron chi connectivity index (χ2n) is 4.04. The zero-order valence-electron chi connectivity index (χ0n) is 10.2. The monoisotopic (exact) mass is 297 g/mol. The number of nitrogens with zero attached hydrogens (tertiary/aromatic N) is 2. The van der Waals surface area contributed by atoms with Gasteiger partial charge in [0.2, 0.25) is 0 Å². The summed E-state index contributed by atoms with van der Waals surface area (Å²) >= 11 is 0.583. The Morgan fingerprint density at radius 2 is 2.47 bits per heavy atom. The first-order chi connectivity index (χ1) is 8.40. The van der Waals surface area contributed by atoms with E-state index in [-0.39, 0.29) is 0 Å². The van der Waals surface area contributed by atoms with Crippen molar-refractivity contribution in [2.24, 2.45) is 0 Å². The maximum absolute atomic E-state index is 4.19. The van der Waals surface area contributed by atoms with Crippen molar-refractivity contribution in [3.63, 3.8) is 0 Å². The molecule has 0 saturated carbocycles. The molecular formula is C13H19N3Se. The normalized spacial score (nSPS) is 21.7. The average molecular weight is 296 g/mol. The standard InChI is InChI=1S/C13H19N3Se/c1-2-10-17-13-5-8-16(9-7-15-13)12-4-3-6-14-11-12/h2-4,6,10-11,13,15H,5,7-9H2,1H3. The molecule has 1 saturated heterocycles. The third-order valence-electron chi connectivity index (χ3n) is 2.80. The SMILES string of the molecule is CC=C[Se]C1CCN(c2cccnc2)CCN1. The van der Waals surface area contributed by atoms with Gasteiger partial charge in [-0.15, -0.1) is 0 Å². The molecule has 1 N–H and O–H groups in total. The van der Waals surface area contributed by atoms with Crippen molar-refractivity contribution in [2.45, 2.75) is 18.3 Å². The number of pyridine rings is 1. The van der Waals surface area contributed by atoms with Crippen molar-refractivity contribution < 1.29 is 0 Å². The van der Waals surface area contributed by atoms with E-state index in [1.54, 1.807) is 0 Å². The van der Waals surface area contributed by atoms with Crippen LogP contribution in [0.3, 0.4) is 0 Å². The summed E-state index contributed by atoms with van der Waals surface area (Å²) in [7, 11) is 0. The molecule has 1 aromatic rings. The molecule has 0 aliphatic carbocycles. The molecule has 1 atom stereocenters. The average Bonchev–Trinajstić information content (AvgIpc) is 2.63. The Labute approximate surface area is 109 Å². The van der Waals surface area contributed by atoms with Crippen molar-refractivity contribution in [3.05, 3.63) is 35.6 Å². The summed E-state index contributed by atoms with van der Waals surface area (Å²) in [4.78, 5) is 9.60. The molecule has 2 heterocycles. The molecule has 0 amide bonds. The van der Waals surface area contributed by atoms with Crippen LogP contribution in [0.1, 0.15) is 13.3 Å². The van der Waals surface area contributed by atoms with E-state index in [2.05, 4.69) is 39.2 Å². The summed E-state index contributed by atoms with van der Waals surface area (Å²) < 4.78 is 0. The molecule has 92 valence electrons. The number of rotatable bonds is 3. The van der Waals surface area contributed by atoms with E-state index >= 15 is 0 Å². The fourth-order valence-corrected chi connectivity index (χ4v) is 3.62. The van der Waals surface area contributed by atoms with Gasteiger partial charge in [0.15, 0.2) is 0 Å². The van der Waals surface area contributed by atoms with E-state index in [1.165, 1.54) is 12.1 Å². The van der Waals surface area contributed by atoms with Crippen LogP contribution in [0.15, 0.2) is 35.6 Å². The van der Waals surface area contributed by atoms with Gasteiger partial charge in [0.05, 0.1) is 0 Å². The molecule has 2 rings (SSSR count). The fourth-order valence-electron chi connectivity index (χ4n) is 1.94. The summed E-state index contributed by atoms with van der Waals surface area (Å²) in [6.45, 7) is 5.37. The van der Waals surface area contributed by atoms with Gasteiger partial charge in [0.1, 0.15) is 0 Å². The van der Waals surface area contributed by atoms with Gasteiger partial charge >= 0.3 is 109 Å². The van der Waals surface area contributed by atoms with Crippen LogP contribution in [-0.2, 0) is 0 Å². The van der Waals surface area contributed by atoms with Crippen molar-refractivity contribution in [1.29, 1.82) is 0 Å². The van der Waals surface area contributed by atoms with Gasteiger partial charge in [-0.25, -0.2) is 0 Å². The van der Waals surface area contributed by atoms with Crippen LogP contribution in [0, 0.1) is 0 Å². The van der Waals surface area contributed by atoms with Gasteiger partial charge < -0.3 is 0 Å². The molecular weight excluding hydrogens is 277 g/mol. The van der Waals surface area contributed by atoms with Crippen LogP contribution in [0.5, 0.6) is 0 Å². The molecule has 0 aromatic carbocycles. The topological polar surface area (TPSA) is 28.2 Å². The van der Waals surface area contributed by atoms with Crippen LogP contribution < -0.4 is 10.2 Å². The minimum atomic E-state index is 0.583. The van der Waals surface area contributed by atoms with Crippen molar-refractivity contribution >= 4 is 20.6 Å². The van der Waals surface area contributed by atoms with E-state index in [0.29, 0.717) is 19.9 Å². The molecule has 17 heavy (non-hydrogen) atoms. The van der Waals surface area contributed by atoms with Gasteiger partial charge in [0, 0.05) is 0 Å². The molecule has 1 unspecified atom stereocenters. The van der Waals surface area contributed by atoms with E-state index in [0.717, 1.165) is 19.6 Å². The van der Waals surface area contributed by atoms with E-state index < -0.39 is 0 Å². The second kappa shape index (κ2) is 6.80. The van der Waals surface area contributed by atoms with Crippen molar-refractivity contribution in [3.8, 4) is 0 Å². The molecule has 4 heteroatoms. The fraction of sp³-hybridized carbons (Fsp3) is 0.462. The number of nitrogens with one attached hydrogen (secondary N) is 1. The Kier molecular flexibility index (Phi) is 5.05. The molecule has 3 nitrogen and oxygen atoms in total. The van der Waals surface area contributed by atoms with Gasteiger partial charge in [-0.3, -0.25) is 0 Å². The van der Waals surface area contributed by atoms with Crippen LogP contribution in [0.2, 0.25) is 0 Å². The number of hydrogen-bond acceptors (Lipinski definition) is 3. The van der Waals surface area contributed by atoms with E-state index in [9.17, 15) is 0 Å². The number of aromatic nitrogens is 1. The molecule has 0 bridgehead atoms. The third kappa shape index (κ3) is 3.84. The Hall–Kier alpha value is -0.831. The van der Waals surface area contributed by atoms with Crippen LogP contribution in [-0.4, -0.2) is 44.5 Å². The molecule has 1 aliphatic rings. The quantitative estimate of drug-likeness (QED) is 0.856. The van der Waals surface area contributed by atoms with E-state index in [1.807, 2.05) is 18.5 Å². The van der Waals surface area contributed by atoms with Crippen molar-refractivity contribution in [2.75, 3.05) is 24.5 Å². The summed E-state index contributed by atoms with van der Waals surface area (Å²) in [5.74, 6) is 0. The summed E-state index contributed by atoms with van der Waals surface area (Å²) in [6, 6.07) is 4.15. The minimum absolute atomic E-state index is 0.583. The molecule has 0 spiro atoms. The zero-order chi connectivity index (χ0) is 11.9.